The Hall–Kier alpha value is -1.95. The Morgan fingerprint density at radius 1 is 1.00 bits per heavy atom. The molecule has 1 saturated heterocycles. The summed E-state index contributed by atoms with van der Waals surface area (Å²) in [5, 5.41) is 3.29. The second kappa shape index (κ2) is 8.53. The first-order chi connectivity index (χ1) is 15.1. The minimum absolute atomic E-state index is 0.188. The molecule has 0 radical (unpaired) electrons. The summed E-state index contributed by atoms with van der Waals surface area (Å²) in [6, 6.07) is 4.01. The van der Waals surface area contributed by atoms with Crippen LogP contribution >= 0.6 is 0 Å². The summed E-state index contributed by atoms with van der Waals surface area (Å²) in [5.74, 6) is 3.94. The quantitative estimate of drug-likeness (QED) is 0.694. The van der Waals surface area contributed by atoms with Gasteiger partial charge >= 0.3 is 0 Å². The molecule has 1 aromatic carbocycles. The highest BCUT2D eigenvalue weighted by Gasteiger charge is 2.54. The van der Waals surface area contributed by atoms with Crippen LogP contribution in [0.2, 0.25) is 0 Å². The van der Waals surface area contributed by atoms with Crippen LogP contribution in [0.3, 0.4) is 0 Å². The van der Waals surface area contributed by atoms with Crippen LogP contribution in [0, 0.1) is 23.2 Å². The Labute approximate surface area is 185 Å². The summed E-state index contributed by atoms with van der Waals surface area (Å²) >= 11 is 0. The first kappa shape index (κ1) is 20.9. The van der Waals surface area contributed by atoms with Gasteiger partial charge in [0.25, 0.3) is 0 Å². The maximum Gasteiger partial charge on any atom is 0.230 e. The molecule has 1 N–H and O–H groups in total. The van der Waals surface area contributed by atoms with Crippen LogP contribution in [-0.2, 0) is 9.53 Å². The number of morpholine rings is 1. The molecule has 1 heterocycles. The maximum atomic E-state index is 13.6. The van der Waals surface area contributed by atoms with E-state index in [0.29, 0.717) is 26.4 Å². The summed E-state index contributed by atoms with van der Waals surface area (Å²) in [7, 11) is 0. The molecular weight excluding hydrogens is 392 g/mol. The first-order valence-corrected chi connectivity index (χ1v) is 12.2. The van der Waals surface area contributed by atoms with Crippen molar-refractivity contribution in [1.82, 2.24) is 0 Å². The molecule has 170 valence electrons. The molecule has 1 aliphatic heterocycles. The van der Waals surface area contributed by atoms with E-state index in [1.165, 1.54) is 19.3 Å². The van der Waals surface area contributed by atoms with Crippen molar-refractivity contribution in [3.05, 3.63) is 12.1 Å². The van der Waals surface area contributed by atoms with Gasteiger partial charge in [-0.05, 0) is 70.1 Å². The Morgan fingerprint density at radius 3 is 2.16 bits per heavy atom. The van der Waals surface area contributed by atoms with Gasteiger partial charge in [-0.3, -0.25) is 4.79 Å². The van der Waals surface area contributed by atoms with Crippen molar-refractivity contribution in [1.29, 1.82) is 0 Å². The van der Waals surface area contributed by atoms with E-state index in [9.17, 15) is 4.79 Å². The van der Waals surface area contributed by atoms with Crippen LogP contribution in [0.5, 0.6) is 11.5 Å². The predicted octanol–water partition coefficient (Wildman–Crippen LogP) is 4.48. The molecule has 4 saturated carbocycles. The Balaban J connectivity index is 1.43. The fourth-order valence-electron chi connectivity index (χ4n) is 6.89. The molecule has 4 bridgehead atoms. The normalized spacial score (nSPS) is 31.5. The van der Waals surface area contributed by atoms with Crippen molar-refractivity contribution in [2.24, 2.45) is 23.2 Å². The van der Waals surface area contributed by atoms with E-state index >= 15 is 0 Å². The van der Waals surface area contributed by atoms with Gasteiger partial charge in [-0.1, -0.05) is 0 Å². The highest BCUT2D eigenvalue weighted by Crippen LogP contribution is 2.60. The number of nitrogens with one attached hydrogen (secondary N) is 1. The average Bonchev–Trinajstić information content (AvgIpc) is 2.75. The van der Waals surface area contributed by atoms with Crippen molar-refractivity contribution in [3.63, 3.8) is 0 Å². The van der Waals surface area contributed by atoms with E-state index in [1.807, 2.05) is 26.0 Å². The van der Waals surface area contributed by atoms with E-state index in [1.54, 1.807) is 0 Å². The van der Waals surface area contributed by atoms with Gasteiger partial charge in [-0.25, -0.2) is 0 Å². The fraction of sp³-hybridized carbons (Fsp3) is 0.720. The van der Waals surface area contributed by atoms with Gasteiger partial charge in [0, 0.05) is 25.2 Å². The molecule has 1 amide bonds. The van der Waals surface area contributed by atoms with Crippen molar-refractivity contribution >= 4 is 17.3 Å². The molecule has 6 nitrogen and oxygen atoms in total. The lowest BCUT2D eigenvalue weighted by molar-refractivity contribution is -0.140. The molecule has 5 aliphatic rings. The largest absolute Gasteiger partial charge is 0.492 e. The SMILES string of the molecule is CCOc1cc(N2CCOCC2)c(OCC)cc1NC(=O)C12CC3CC(CC(C3)C1)C2. The van der Waals surface area contributed by atoms with Gasteiger partial charge in [-0.15, -0.1) is 0 Å². The summed E-state index contributed by atoms with van der Waals surface area (Å²) in [6.45, 7) is 8.17. The van der Waals surface area contributed by atoms with Gasteiger partial charge in [0.1, 0.15) is 11.5 Å². The van der Waals surface area contributed by atoms with Crippen LogP contribution < -0.4 is 19.7 Å². The second-order valence-electron chi connectivity index (χ2n) is 9.93. The molecule has 0 unspecified atom stereocenters. The minimum atomic E-state index is -0.188. The number of rotatable bonds is 7. The van der Waals surface area contributed by atoms with E-state index in [2.05, 4.69) is 10.2 Å². The van der Waals surface area contributed by atoms with Crippen molar-refractivity contribution in [2.45, 2.75) is 52.4 Å². The molecule has 1 aromatic rings. The molecule has 6 heteroatoms. The van der Waals surface area contributed by atoms with Crippen molar-refractivity contribution in [2.75, 3.05) is 49.7 Å². The number of hydrogen-bond donors (Lipinski definition) is 1. The molecule has 6 rings (SSSR count). The number of anilines is 2. The number of amides is 1. The molecule has 0 aromatic heterocycles. The lowest BCUT2D eigenvalue weighted by Crippen LogP contribution is -2.51. The zero-order valence-corrected chi connectivity index (χ0v) is 19.0. The van der Waals surface area contributed by atoms with Gasteiger partial charge in [0.15, 0.2) is 0 Å². The molecule has 0 atom stereocenters. The van der Waals surface area contributed by atoms with Crippen LogP contribution in [0.15, 0.2) is 12.1 Å². The Morgan fingerprint density at radius 2 is 1.58 bits per heavy atom. The van der Waals surface area contributed by atoms with Crippen molar-refractivity contribution in [3.8, 4) is 11.5 Å². The van der Waals surface area contributed by atoms with Crippen LogP contribution in [0.1, 0.15) is 52.4 Å². The number of ether oxygens (including phenoxy) is 3. The summed E-state index contributed by atoms with van der Waals surface area (Å²) < 4.78 is 17.5. The highest BCUT2D eigenvalue weighted by molar-refractivity contribution is 5.97. The van der Waals surface area contributed by atoms with E-state index in [4.69, 9.17) is 14.2 Å². The highest BCUT2D eigenvalue weighted by atomic mass is 16.5. The van der Waals surface area contributed by atoms with Gasteiger partial charge in [0.2, 0.25) is 5.91 Å². The third kappa shape index (κ3) is 3.99. The van der Waals surface area contributed by atoms with E-state index in [0.717, 1.165) is 73.0 Å². The summed E-state index contributed by atoms with van der Waals surface area (Å²) in [4.78, 5) is 15.9. The number of carbonyl (C=O) groups excluding carboxylic acids is 1. The second-order valence-corrected chi connectivity index (χ2v) is 9.93. The van der Waals surface area contributed by atoms with E-state index in [-0.39, 0.29) is 11.3 Å². The first-order valence-electron chi connectivity index (χ1n) is 12.2. The van der Waals surface area contributed by atoms with Crippen LogP contribution in [-0.4, -0.2) is 45.4 Å². The molecule has 5 fully saturated rings. The van der Waals surface area contributed by atoms with Crippen molar-refractivity contribution < 1.29 is 19.0 Å². The van der Waals surface area contributed by atoms with Crippen LogP contribution in [0.25, 0.3) is 0 Å². The van der Waals surface area contributed by atoms with Gasteiger partial charge in [0.05, 0.1) is 43.2 Å². The molecule has 4 aliphatic carbocycles. The smallest absolute Gasteiger partial charge is 0.230 e. The van der Waals surface area contributed by atoms with Gasteiger partial charge < -0.3 is 24.4 Å². The van der Waals surface area contributed by atoms with E-state index < -0.39 is 0 Å². The molecular formula is C25H36N2O4. The fourth-order valence-corrected chi connectivity index (χ4v) is 6.89. The number of benzene rings is 1. The number of nitrogens with zero attached hydrogens (tertiary/aromatic N) is 1. The predicted molar refractivity (Wildman–Crippen MR) is 121 cm³/mol. The monoisotopic (exact) mass is 428 g/mol. The Bertz CT molecular complexity index is 783. The molecule has 0 spiro atoms. The van der Waals surface area contributed by atoms with Crippen LogP contribution in [0.4, 0.5) is 11.4 Å². The topological polar surface area (TPSA) is 60.0 Å². The lowest BCUT2D eigenvalue weighted by atomic mass is 9.49. The number of hydrogen-bond acceptors (Lipinski definition) is 5. The summed E-state index contributed by atoms with van der Waals surface area (Å²) in [6.07, 6.45) is 7.16. The standard InChI is InChI=1S/C25H36N2O4/c1-3-30-22-13-21(27-5-7-29-8-6-27)23(31-4-2)12-20(22)26-24(28)25-14-17-9-18(15-25)11-19(10-17)16-25/h12-13,17-19H,3-11,14-16H2,1-2H3,(H,26,28). The third-order valence-electron chi connectivity index (χ3n) is 7.78. The molecule has 31 heavy (non-hydrogen) atoms. The minimum Gasteiger partial charge on any atom is -0.492 e. The Kier molecular flexibility index (Phi) is 5.76. The zero-order valence-electron chi connectivity index (χ0n) is 19.0. The number of carbonyl (C=O) groups is 1. The average molecular weight is 429 g/mol. The lowest BCUT2D eigenvalue weighted by Gasteiger charge is -2.55. The third-order valence-corrected chi connectivity index (χ3v) is 7.78. The summed E-state index contributed by atoms with van der Waals surface area (Å²) in [5.41, 5.74) is 1.57. The zero-order chi connectivity index (χ0) is 21.4. The maximum absolute atomic E-state index is 13.6. The van der Waals surface area contributed by atoms with Gasteiger partial charge in [-0.2, -0.15) is 0 Å².